The van der Waals surface area contributed by atoms with Crippen molar-refractivity contribution >= 4 is 34.1 Å². The van der Waals surface area contributed by atoms with E-state index in [0.29, 0.717) is 23.0 Å². The molecule has 0 saturated heterocycles. The van der Waals surface area contributed by atoms with Crippen molar-refractivity contribution in [3.8, 4) is 5.75 Å². The second kappa shape index (κ2) is 4.21. The lowest BCUT2D eigenvalue weighted by Crippen LogP contribution is -1.95. The van der Waals surface area contributed by atoms with Crippen LogP contribution < -0.4 is 4.74 Å². The van der Waals surface area contributed by atoms with Crippen molar-refractivity contribution in [2.75, 3.05) is 6.61 Å². The maximum atomic E-state index is 5.94. The number of halogens is 2. The van der Waals surface area contributed by atoms with Crippen LogP contribution in [0, 0.1) is 0 Å². The summed E-state index contributed by atoms with van der Waals surface area (Å²) in [6.45, 7) is 2.47. The predicted molar refractivity (Wildman–Crippen MR) is 60.7 cm³/mol. The molecule has 0 aliphatic rings. The maximum absolute atomic E-state index is 5.94. The SMILES string of the molecule is CCOc1cccc2c(Cl)nc(Cl)nc12. The minimum absolute atomic E-state index is 0.125. The molecule has 78 valence electrons. The summed E-state index contributed by atoms with van der Waals surface area (Å²) >= 11 is 11.7. The van der Waals surface area contributed by atoms with Crippen molar-refractivity contribution in [2.45, 2.75) is 6.92 Å². The molecular weight excluding hydrogens is 235 g/mol. The first kappa shape index (κ1) is 10.5. The Bertz CT molecular complexity index is 502. The highest BCUT2D eigenvalue weighted by Gasteiger charge is 2.08. The number of nitrogens with zero attached hydrogens (tertiary/aromatic N) is 2. The Morgan fingerprint density at radius 3 is 2.80 bits per heavy atom. The molecule has 3 nitrogen and oxygen atoms in total. The summed E-state index contributed by atoms with van der Waals surface area (Å²) in [5.41, 5.74) is 0.643. The monoisotopic (exact) mass is 242 g/mol. The molecule has 0 fully saturated rings. The van der Waals surface area contributed by atoms with Crippen LogP contribution in [0.5, 0.6) is 5.75 Å². The van der Waals surface area contributed by atoms with Crippen LogP contribution in [0.25, 0.3) is 10.9 Å². The highest BCUT2D eigenvalue weighted by atomic mass is 35.5. The summed E-state index contributed by atoms with van der Waals surface area (Å²) in [7, 11) is 0. The van der Waals surface area contributed by atoms with Gasteiger partial charge in [-0.05, 0) is 30.7 Å². The van der Waals surface area contributed by atoms with Gasteiger partial charge in [-0.2, -0.15) is 0 Å². The largest absolute Gasteiger partial charge is 0.492 e. The molecule has 0 atom stereocenters. The van der Waals surface area contributed by atoms with E-state index in [4.69, 9.17) is 27.9 Å². The van der Waals surface area contributed by atoms with Crippen molar-refractivity contribution in [2.24, 2.45) is 0 Å². The third-order valence-electron chi connectivity index (χ3n) is 1.92. The summed E-state index contributed by atoms with van der Waals surface area (Å²) in [4.78, 5) is 7.97. The third kappa shape index (κ3) is 1.98. The lowest BCUT2D eigenvalue weighted by molar-refractivity contribution is 0.343. The first-order valence-electron chi connectivity index (χ1n) is 4.47. The maximum Gasteiger partial charge on any atom is 0.224 e. The van der Waals surface area contributed by atoms with Crippen LogP contribution in [0.1, 0.15) is 6.92 Å². The number of benzene rings is 1. The van der Waals surface area contributed by atoms with Gasteiger partial charge in [0.15, 0.2) is 0 Å². The lowest BCUT2D eigenvalue weighted by atomic mass is 10.2. The second-order valence-corrected chi connectivity index (χ2v) is 3.56. The smallest absolute Gasteiger partial charge is 0.224 e. The molecule has 1 heterocycles. The fraction of sp³-hybridized carbons (Fsp3) is 0.200. The average Bonchev–Trinajstić information content (AvgIpc) is 2.19. The van der Waals surface area contributed by atoms with Gasteiger partial charge in [0.2, 0.25) is 5.28 Å². The topological polar surface area (TPSA) is 35.0 Å². The van der Waals surface area contributed by atoms with E-state index in [-0.39, 0.29) is 5.28 Å². The van der Waals surface area contributed by atoms with Gasteiger partial charge in [0.25, 0.3) is 0 Å². The highest BCUT2D eigenvalue weighted by Crippen LogP contribution is 2.28. The number of ether oxygens (including phenoxy) is 1. The summed E-state index contributed by atoms with van der Waals surface area (Å²) in [5, 5.41) is 1.21. The normalized spacial score (nSPS) is 10.6. The number of hydrogen-bond acceptors (Lipinski definition) is 3. The molecule has 0 amide bonds. The molecule has 0 radical (unpaired) electrons. The van der Waals surface area contributed by atoms with Crippen LogP contribution in [-0.4, -0.2) is 16.6 Å². The molecule has 0 unspecified atom stereocenters. The minimum Gasteiger partial charge on any atom is -0.492 e. The van der Waals surface area contributed by atoms with Crippen LogP contribution in [0.3, 0.4) is 0 Å². The van der Waals surface area contributed by atoms with E-state index in [2.05, 4.69) is 9.97 Å². The number of fused-ring (bicyclic) bond motifs is 1. The van der Waals surface area contributed by atoms with Gasteiger partial charge in [-0.15, -0.1) is 0 Å². The van der Waals surface area contributed by atoms with Crippen LogP contribution in [0.4, 0.5) is 0 Å². The van der Waals surface area contributed by atoms with E-state index >= 15 is 0 Å². The molecular formula is C10H8Cl2N2O. The molecule has 0 spiro atoms. The van der Waals surface area contributed by atoms with Gasteiger partial charge in [-0.25, -0.2) is 9.97 Å². The van der Waals surface area contributed by atoms with Crippen molar-refractivity contribution < 1.29 is 4.74 Å². The Hall–Kier alpha value is -1.06. The highest BCUT2D eigenvalue weighted by molar-refractivity contribution is 6.35. The van der Waals surface area contributed by atoms with Gasteiger partial charge in [-0.1, -0.05) is 17.7 Å². The summed E-state index contributed by atoms with van der Waals surface area (Å²) in [6, 6.07) is 5.50. The van der Waals surface area contributed by atoms with Gasteiger partial charge in [0, 0.05) is 5.39 Å². The van der Waals surface area contributed by atoms with E-state index in [9.17, 15) is 0 Å². The van der Waals surface area contributed by atoms with E-state index < -0.39 is 0 Å². The van der Waals surface area contributed by atoms with E-state index in [1.807, 2.05) is 25.1 Å². The predicted octanol–water partition coefficient (Wildman–Crippen LogP) is 3.34. The Kier molecular flexibility index (Phi) is 2.93. The van der Waals surface area contributed by atoms with Gasteiger partial charge < -0.3 is 4.74 Å². The van der Waals surface area contributed by atoms with Crippen LogP contribution in [0.2, 0.25) is 10.4 Å². The zero-order valence-electron chi connectivity index (χ0n) is 8.00. The van der Waals surface area contributed by atoms with Crippen molar-refractivity contribution in [3.63, 3.8) is 0 Å². The van der Waals surface area contributed by atoms with Gasteiger partial charge in [0.05, 0.1) is 6.61 Å². The molecule has 2 rings (SSSR count). The van der Waals surface area contributed by atoms with Crippen LogP contribution in [-0.2, 0) is 0 Å². The van der Waals surface area contributed by atoms with Crippen LogP contribution in [0.15, 0.2) is 18.2 Å². The van der Waals surface area contributed by atoms with Crippen molar-refractivity contribution in [1.82, 2.24) is 9.97 Å². The first-order valence-corrected chi connectivity index (χ1v) is 5.22. The molecule has 0 aliphatic carbocycles. The zero-order valence-corrected chi connectivity index (χ0v) is 9.51. The zero-order chi connectivity index (χ0) is 10.8. The number of hydrogen-bond donors (Lipinski definition) is 0. The molecule has 0 aliphatic heterocycles. The fourth-order valence-electron chi connectivity index (χ4n) is 1.33. The Balaban J connectivity index is 2.73. The summed E-state index contributed by atoms with van der Waals surface area (Å²) in [5.74, 6) is 0.668. The van der Waals surface area contributed by atoms with Crippen LogP contribution >= 0.6 is 23.2 Å². The van der Waals surface area contributed by atoms with Gasteiger partial charge >= 0.3 is 0 Å². The minimum atomic E-state index is 0.125. The standard InChI is InChI=1S/C10H8Cl2N2O/c1-2-15-7-5-3-4-6-8(7)13-10(12)14-9(6)11/h3-5H,2H2,1H3. The molecule has 0 saturated carbocycles. The fourth-order valence-corrected chi connectivity index (χ4v) is 1.78. The molecule has 15 heavy (non-hydrogen) atoms. The van der Waals surface area contributed by atoms with E-state index in [0.717, 1.165) is 5.39 Å². The lowest BCUT2D eigenvalue weighted by Gasteiger charge is -2.06. The summed E-state index contributed by atoms with van der Waals surface area (Å²) < 4.78 is 5.42. The average molecular weight is 243 g/mol. The molecule has 0 N–H and O–H groups in total. The van der Waals surface area contributed by atoms with Crippen molar-refractivity contribution in [1.29, 1.82) is 0 Å². The molecule has 2 aromatic rings. The number of para-hydroxylation sites is 1. The van der Waals surface area contributed by atoms with E-state index in [1.165, 1.54) is 0 Å². The number of aromatic nitrogens is 2. The third-order valence-corrected chi connectivity index (χ3v) is 2.37. The molecule has 1 aromatic carbocycles. The number of rotatable bonds is 2. The summed E-state index contributed by atoms with van der Waals surface area (Å²) in [6.07, 6.45) is 0. The molecule has 1 aromatic heterocycles. The van der Waals surface area contributed by atoms with Gasteiger partial charge in [-0.3, -0.25) is 0 Å². The molecule has 5 heteroatoms. The Labute approximate surface area is 97.0 Å². The van der Waals surface area contributed by atoms with Gasteiger partial charge in [0.1, 0.15) is 16.4 Å². The molecule has 0 bridgehead atoms. The van der Waals surface area contributed by atoms with Crippen molar-refractivity contribution in [3.05, 3.63) is 28.6 Å². The second-order valence-electron chi connectivity index (χ2n) is 2.87. The first-order chi connectivity index (χ1) is 7.22. The quantitative estimate of drug-likeness (QED) is 0.599. The Morgan fingerprint density at radius 1 is 1.27 bits per heavy atom. The van der Waals surface area contributed by atoms with E-state index in [1.54, 1.807) is 0 Å². The Morgan fingerprint density at radius 2 is 2.07 bits per heavy atom.